The van der Waals surface area contributed by atoms with E-state index in [-0.39, 0.29) is 11.7 Å². The molecule has 1 heterocycles. The average molecular weight is 354 g/mol. The van der Waals surface area contributed by atoms with Gasteiger partial charge in [-0.2, -0.15) is 0 Å². The molecule has 0 saturated carbocycles. The van der Waals surface area contributed by atoms with Gasteiger partial charge in [0.25, 0.3) is 5.91 Å². The van der Waals surface area contributed by atoms with Gasteiger partial charge >= 0.3 is 0 Å². The van der Waals surface area contributed by atoms with Crippen LogP contribution < -0.4 is 5.32 Å². The number of carbonyl (C=O) groups excluding carboxylic acids is 2. The van der Waals surface area contributed by atoms with Gasteiger partial charge in [0.2, 0.25) is 0 Å². The second-order valence-electron chi connectivity index (χ2n) is 6.44. The van der Waals surface area contributed by atoms with Crippen molar-refractivity contribution in [2.45, 2.75) is 6.54 Å². The van der Waals surface area contributed by atoms with Gasteiger partial charge in [-0.15, -0.1) is 0 Å². The second-order valence-corrected chi connectivity index (χ2v) is 6.44. The normalized spacial score (nSPS) is 12.1. The molecule has 5 heteroatoms. The highest BCUT2D eigenvalue weighted by atomic mass is 16.5. The summed E-state index contributed by atoms with van der Waals surface area (Å²) in [5, 5.41) is 7.61. The Labute approximate surface area is 154 Å². The lowest BCUT2D eigenvalue weighted by molar-refractivity contribution is 0.0951. The van der Waals surface area contributed by atoms with E-state index in [2.05, 4.69) is 10.5 Å². The number of carbonyl (C=O) groups is 2. The summed E-state index contributed by atoms with van der Waals surface area (Å²) in [6.45, 7) is 0.412. The van der Waals surface area contributed by atoms with Gasteiger partial charge in [-0.25, -0.2) is 0 Å². The first kappa shape index (κ1) is 15.5. The van der Waals surface area contributed by atoms with E-state index in [0.717, 1.165) is 5.56 Å². The number of hydrogen-bond donors (Lipinski definition) is 1. The highest BCUT2D eigenvalue weighted by Crippen LogP contribution is 2.40. The molecule has 5 rings (SSSR count). The minimum atomic E-state index is -0.253. The van der Waals surface area contributed by atoms with Crippen LogP contribution >= 0.6 is 0 Å². The molecule has 0 spiro atoms. The Bertz CT molecular complexity index is 1210. The molecule has 130 valence electrons. The zero-order chi connectivity index (χ0) is 18.4. The lowest BCUT2D eigenvalue weighted by Crippen LogP contribution is -2.23. The Balaban J connectivity index is 1.57. The third-order valence-corrected chi connectivity index (χ3v) is 4.83. The third-order valence-electron chi connectivity index (χ3n) is 4.83. The van der Waals surface area contributed by atoms with Crippen molar-refractivity contribution in [3.8, 4) is 11.3 Å². The summed E-state index contributed by atoms with van der Waals surface area (Å²) in [6.07, 6.45) is 0. The largest absolute Gasteiger partial charge is 0.355 e. The standard InChI is InChI=1S/C22H14N2O3/c25-20-14-8-4-5-9-15(14)21-18-16(20)10-11-17(19(18)24-27-21)22(26)23-12-13-6-2-1-3-7-13/h1-11H,12H2,(H,23,26). The Morgan fingerprint density at radius 2 is 1.63 bits per heavy atom. The Kier molecular flexibility index (Phi) is 3.40. The van der Waals surface area contributed by atoms with Crippen LogP contribution in [0.2, 0.25) is 0 Å². The van der Waals surface area contributed by atoms with Gasteiger partial charge in [-0.05, 0) is 17.7 Å². The van der Waals surface area contributed by atoms with Crippen LogP contribution in [0.25, 0.3) is 22.2 Å². The van der Waals surface area contributed by atoms with Crippen LogP contribution in [0.4, 0.5) is 0 Å². The molecule has 0 unspecified atom stereocenters. The summed E-state index contributed by atoms with van der Waals surface area (Å²) in [7, 11) is 0. The Morgan fingerprint density at radius 3 is 2.44 bits per heavy atom. The molecule has 1 aliphatic rings. The molecular formula is C22H14N2O3. The predicted molar refractivity (Wildman–Crippen MR) is 100 cm³/mol. The van der Waals surface area contributed by atoms with Crippen molar-refractivity contribution in [3.63, 3.8) is 0 Å². The lowest BCUT2D eigenvalue weighted by atomic mass is 9.87. The van der Waals surface area contributed by atoms with Crippen molar-refractivity contribution in [2.75, 3.05) is 0 Å². The Morgan fingerprint density at radius 1 is 0.889 bits per heavy atom. The molecule has 0 bridgehead atoms. The van der Waals surface area contributed by atoms with E-state index >= 15 is 0 Å². The maximum atomic E-state index is 12.8. The monoisotopic (exact) mass is 354 g/mol. The summed E-state index contributed by atoms with van der Waals surface area (Å²) in [5.41, 5.74) is 3.62. The number of rotatable bonds is 3. The minimum Gasteiger partial charge on any atom is -0.355 e. The van der Waals surface area contributed by atoms with E-state index in [4.69, 9.17) is 4.52 Å². The van der Waals surface area contributed by atoms with Crippen LogP contribution in [-0.2, 0) is 6.54 Å². The zero-order valence-electron chi connectivity index (χ0n) is 14.2. The molecule has 4 aromatic rings. The number of fused-ring (bicyclic) bond motifs is 2. The van der Waals surface area contributed by atoms with E-state index in [9.17, 15) is 9.59 Å². The van der Waals surface area contributed by atoms with Gasteiger partial charge in [0.1, 0.15) is 5.52 Å². The maximum Gasteiger partial charge on any atom is 0.253 e. The van der Waals surface area contributed by atoms with E-state index in [1.807, 2.05) is 48.5 Å². The van der Waals surface area contributed by atoms with Crippen LogP contribution in [0, 0.1) is 0 Å². The van der Waals surface area contributed by atoms with Crippen molar-refractivity contribution in [3.05, 3.63) is 89.0 Å². The summed E-state index contributed by atoms with van der Waals surface area (Å²) in [6, 6.07) is 20.3. The van der Waals surface area contributed by atoms with Gasteiger partial charge in [0.15, 0.2) is 11.5 Å². The molecule has 0 saturated heterocycles. The number of nitrogens with zero attached hydrogens (tertiary/aromatic N) is 1. The minimum absolute atomic E-state index is 0.0810. The van der Waals surface area contributed by atoms with E-state index in [0.29, 0.717) is 45.5 Å². The number of aromatic nitrogens is 1. The van der Waals surface area contributed by atoms with Gasteiger partial charge in [0.05, 0.1) is 10.9 Å². The second kappa shape index (κ2) is 5.92. The first-order valence-electron chi connectivity index (χ1n) is 8.62. The Hall–Kier alpha value is -3.73. The van der Waals surface area contributed by atoms with Crippen LogP contribution in [0.1, 0.15) is 31.8 Å². The van der Waals surface area contributed by atoms with Gasteiger partial charge in [-0.1, -0.05) is 59.8 Å². The van der Waals surface area contributed by atoms with Crippen LogP contribution in [0.5, 0.6) is 0 Å². The highest BCUT2D eigenvalue weighted by molar-refractivity contribution is 6.26. The molecule has 27 heavy (non-hydrogen) atoms. The average Bonchev–Trinajstić information content (AvgIpc) is 3.16. The van der Waals surface area contributed by atoms with Crippen molar-refractivity contribution in [1.29, 1.82) is 0 Å². The van der Waals surface area contributed by atoms with Gasteiger partial charge in [-0.3, -0.25) is 9.59 Å². The molecule has 0 atom stereocenters. The van der Waals surface area contributed by atoms with E-state index in [1.54, 1.807) is 18.2 Å². The first-order valence-corrected chi connectivity index (χ1v) is 8.62. The number of hydrogen-bond acceptors (Lipinski definition) is 4. The lowest BCUT2D eigenvalue weighted by Gasteiger charge is -2.14. The summed E-state index contributed by atoms with van der Waals surface area (Å²) >= 11 is 0. The summed E-state index contributed by atoms with van der Waals surface area (Å²) in [4.78, 5) is 25.5. The first-order chi connectivity index (χ1) is 13.2. The molecule has 1 aliphatic carbocycles. The number of nitrogens with one attached hydrogen (secondary N) is 1. The quantitative estimate of drug-likeness (QED) is 0.532. The molecular weight excluding hydrogens is 340 g/mol. The highest BCUT2D eigenvalue weighted by Gasteiger charge is 2.30. The van der Waals surface area contributed by atoms with E-state index in [1.165, 1.54) is 0 Å². The molecule has 0 radical (unpaired) electrons. The zero-order valence-corrected chi connectivity index (χ0v) is 14.2. The fourth-order valence-electron chi connectivity index (χ4n) is 3.51. The molecule has 3 aromatic carbocycles. The number of amides is 1. The number of benzene rings is 3. The summed E-state index contributed by atoms with van der Waals surface area (Å²) < 4.78 is 5.54. The maximum absolute atomic E-state index is 12.8. The van der Waals surface area contributed by atoms with Gasteiger partial charge in [0, 0.05) is 23.2 Å². The third kappa shape index (κ3) is 2.36. The molecule has 1 N–H and O–H groups in total. The van der Waals surface area contributed by atoms with Crippen molar-refractivity contribution in [2.24, 2.45) is 0 Å². The SMILES string of the molecule is O=C(NCc1ccccc1)c1ccc2c3c(onc13)-c1ccccc1C2=O. The molecule has 1 aromatic heterocycles. The molecule has 0 fully saturated rings. The van der Waals surface area contributed by atoms with Gasteiger partial charge < -0.3 is 9.84 Å². The smallest absolute Gasteiger partial charge is 0.253 e. The van der Waals surface area contributed by atoms with Crippen molar-refractivity contribution < 1.29 is 14.1 Å². The van der Waals surface area contributed by atoms with Crippen LogP contribution in [0.15, 0.2) is 71.3 Å². The van der Waals surface area contributed by atoms with E-state index < -0.39 is 0 Å². The fourth-order valence-corrected chi connectivity index (χ4v) is 3.51. The fraction of sp³-hybridized carbons (Fsp3) is 0.0455. The topological polar surface area (TPSA) is 72.2 Å². The van der Waals surface area contributed by atoms with Crippen LogP contribution in [-0.4, -0.2) is 16.8 Å². The predicted octanol–water partition coefficient (Wildman–Crippen LogP) is 3.97. The van der Waals surface area contributed by atoms with Crippen LogP contribution in [0.3, 0.4) is 0 Å². The van der Waals surface area contributed by atoms with Crippen molar-refractivity contribution >= 4 is 22.6 Å². The molecule has 0 aliphatic heterocycles. The van der Waals surface area contributed by atoms with Crippen molar-refractivity contribution in [1.82, 2.24) is 10.5 Å². The summed E-state index contributed by atoms with van der Waals surface area (Å²) in [5.74, 6) is 0.201. The molecule has 1 amide bonds. The molecule has 5 nitrogen and oxygen atoms in total. The number of ketones is 1.